The van der Waals surface area contributed by atoms with Crippen LogP contribution in [-0.2, 0) is 0 Å². The lowest BCUT2D eigenvalue weighted by Gasteiger charge is -2.19. The van der Waals surface area contributed by atoms with E-state index >= 15 is 0 Å². The SMILES string of the molecule is CC/C=C\CC(CC)c1cc(Cl)c(C)cc1OCCC. The number of hydrogen-bond acceptors (Lipinski definition) is 1. The molecule has 112 valence electrons. The van der Waals surface area contributed by atoms with E-state index in [1.165, 1.54) is 5.56 Å². The fraction of sp³-hybridized carbons (Fsp3) is 0.556. The standard InChI is InChI=1S/C18H27ClO/c1-5-8-9-10-15(7-3)16-13-17(19)14(4)12-18(16)20-11-6-2/h8-9,12-13,15H,5-7,10-11H2,1-4H3/b9-8-. The van der Waals surface area contributed by atoms with Gasteiger partial charge in [-0.1, -0.05) is 44.5 Å². The zero-order chi connectivity index (χ0) is 15.0. The Hall–Kier alpha value is -0.950. The fourth-order valence-corrected chi connectivity index (χ4v) is 2.44. The van der Waals surface area contributed by atoms with Crippen LogP contribution in [0.15, 0.2) is 24.3 Å². The second kappa shape index (κ2) is 9.07. The van der Waals surface area contributed by atoms with Gasteiger partial charge in [-0.2, -0.15) is 0 Å². The van der Waals surface area contributed by atoms with Gasteiger partial charge in [0.2, 0.25) is 0 Å². The Balaban J connectivity index is 3.04. The Bertz CT molecular complexity index is 437. The summed E-state index contributed by atoms with van der Waals surface area (Å²) in [5.41, 5.74) is 2.33. The summed E-state index contributed by atoms with van der Waals surface area (Å²) in [5, 5.41) is 0.835. The molecule has 0 amide bonds. The van der Waals surface area contributed by atoms with Crippen molar-refractivity contribution >= 4 is 11.6 Å². The van der Waals surface area contributed by atoms with Crippen molar-refractivity contribution < 1.29 is 4.74 Å². The van der Waals surface area contributed by atoms with Gasteiger partial charge in [-0.15, -0.1) is 0 Å². The molecule has 20 heavy (non-hydrogen) atoms. The molecule has 1 rings (SSSR count). The first-order chi connectivity index (χ1) is 9.63. The van der Waals surface area contributed by atoms with Gasteiger partial charge < -0.3 is 4.74 Å². The van der Waals surface area contributed by atoms with E-state index in [2.05, 4.69) is 45.1 Å². The summed E-state index contributed by atoms with van der Waals surface area (Å²) in [6, 6.07) is 4.18. The average Bonchev–Trinajstić information content (AvgIpc) is 2.45. The molecule has 0 saturated carbocycles. The van der Waals surface area contributed by atoms with Gasteiger partial charge in [-0.3, -0.25) is 0 Å². The summed E-state index contributed by atoms with van der Waals surface area (Å²) in [5.74, 6) is 1.48. The summed E-state index contributed by atoms with van der Waals surface area (Å²) >= 11 is 6.31. The number of hydrogen-bond donors (Lipinski definition) is 0. The minimum atomic E-state index is 0.475. The van der Waals surface area contributed by atoms with E-state index in [1.54, 1.807) is 0 Å². The van der Waals surface area contributed by atoms with E-state index in [1.807, 2.05) is 6.92 Å². The molecule has 0 N–H and O–H groups in total. The number of benzene rings is 1. The third kappa shape index (κ3) is 4.86. The molecule has 0 heterocycles. The van der Waals surface area contributed by atoms with Crippen molar-refractivity contribution in [3.05, 3.63) is 40.4 Å². The molecule has 0 aliphatic heterocycles. The van der Waals surface area contributed by atoms with Gasteiger partial charge in [0.05, 0.1) is 6.61 Å². The quantitative estimate of drug-likeness (QED) is 0.512. The lowest BCUT2D eigenvalue weighted by molar-refractivity contribution is 0.311. The number of halogens is 1. The molecule has 0 aliphatic rings. The van der Waals surface area contributed by atoms with Gasteiger partial charge in [-0.25, -0.2) is 0 Å². The van der Waals surface area contributed by atoms with Crippen molar-refractivity contribution in [2.75, 3.05) is 6.61 Å². The molecule has 0 aliphatic carbocycles. The van der Waals surface area contributed by atoms with E-state index < -0.39 is 0 Å². The summed E-state index contributed by atoms with van der Waals surface area (Å²) in [4.78, 5) is 0. The zero-order valence-electron chi connectivity index (χ0n) is 13.2. The lowest BCUT2D eigenvalue weighted by atomic mass is 9.91. The predicted molar refractivity (Wildman–Crippen MR) is 89.1 cm³/mol. The first-order valence-electron chi connectivity index (χ1n) is 7.71. The fourth-order valence-electron chi connectivity index (χ4n) is 2.27. The summed E-state index contributed by atoms with van der Waals surface area (Å²) in [7, 11) is 0. The Labute approximate surface area is 129 Å². The Morgan fingerprint density at radius 3 is 2.55 bits per heavy atom. The molecule has 2 heteroatoms. The highest BCUT2D eigenvalue weighted by molar-refractivity contribution is 6.31. The smallest absolute Gasteiger partial charge is 0.123 e. The van der Waals surface area contributed by atoms with Gasteiger partial charge >= 0.3 is 0 Å². The number of ether oxygens (including phenoxy) is 1. The number of allylic oxidation sites excluding steroid dienone is 2. The number of rotatable bonds is 8. The highest BCUT2D eigenvalue weighted by atomic mass is 35.5. The molecule has 0 bridgehead atoms. The maximum absolute atomic E-state index is 6.31. The molecule has 0 fully saturated rings. The van der Waals surface area contributed by atoms with Crippen LogP contribution in [-0.4, -0.2) is 6.61 Å². The molecule has 0 saturated heterocycles. The first-order valence-corrected chi connectivity index (χ1v) is 8.09. The van der Waals surface area contributed by atoms with Crippen LogP contribution in [0, 0.1) is 6.92 Å². The summed E-state index contributed by atoms with van der Waals surface area (Å²) in [6.07, 6.45) is 8.75. The van der Waals surface area contributed by atoms with Crippen LogP contribution in [0.3, 0.4) is 0 Å². The van der Waals surface area contributed by atoms with Crippen LogP contribution in [0.1, 0.15) is 63.5 Å². The van der Waals surface area contributed by atoms with Crippen molar-refractivity contribution in [3.63, 3.8) is 0 Å². The van der Waals surface area contributed by atoms with E-state index in [-0.39, 0.29) is 0 Å². The molecule has 1 aromatic carbocycles. The van der Waals surface area contributed by atoms with Gasteiger partial charge in [0.15, 0.2) is 0 Å². The summed E-state index contributed by atoms with van der Waals surface area (Å²) < 4.78 is 5.93. The van der Waals surface area contributed by atoms with Crippen LogP contribution in [0.4, 0.5) is 0 Å². The molecule has 0 spiro atoms. The Kier molecular flexibility index (Phi) is 7.76. The number of aryl methyl sites for hydroxylation is 1. The Morgan fingerprint density at radius 2 is 1.95 bits per heavy atom. The minimum Gasteiger partial charge on any atom is -0.493 e. The molecular weight excluding hydrogens is 268 g/mol. The van der Waals surface area contributed by atoms with E-state index in [0.29, 0.717) is 5.92 Å². The molecule has 0 aromatic heterocycles. The van der Waals surface area contributed by atoms with Crippen molar-refractivity contribution in [2.24, 2.45) is 0 Å². The van der Waals surface area contributed by atoms with E-state index in [9.17, 15) is 0 Å². The second-order valence-corrected chi connectivity index (χ2v) is 5.62. The highest BCUT2D eigenvalue weighted by Crippen LogP contribution is 2.36. The monoisotopic (exact) mass is 294 g/mol. The van der Waals surface area contributed by atoms with Gasteiger partial charge in [0.25, 0.3) is 0 Å². The van der Waals surface area contributed by atoms with Gasteiger partial charge in [-0.05, 0) is 61.8 Å². The van der Waals surface area contributed by atoms with Crippen LogP contribution >= 0.6 is 11.6 Å². The molecule has 1 unspecified atom stereocenters. The third-order valence-electron chi connectivity index (χ3n) is 3.51. The minimum absolute atomic E-state index is 0.475. The van der Waals surface area contributed by atoms with Crippen molar-refractivity contribution in [1.29, 1.82) is 0 Å². The molecule has 1 aromatic rings. The highest BCUT2D eigenvalue weighted by Gasteiger charge is 2.15. The maximum atomic E-state index is 6.31. The maximum Gasteiger partial charge on any atom is 0.123 e. The van der Waals surface area contributed by atoms with Crippen molar-refractivity contribution in [3.8, 4) is 5.75 Å². The van der Waals surface area contributed by atoms with Crippen LogP contribution in [0.5, 0.6) is 5.75 Å². The molecule has 1 nitrogen and oxygen atoms in total. The van der Waals surface area contributed by atoms with E-state index in [0.717, 1.165) is 48.6 Å². The van der Waals surface area contributed by atoms with Crippen LogP contribution in [0.25, 0.3) is 0 Å². The summed E-state index contributed by atoms with van der Waals surface area (Å²) in [6.45, 7) is 9.31. The molecular formula is C18H27ClO. The van der Waals surface area contributed by atoms with Gasteiger partial charge in [0.1, 0.15) is 5.75 Å². The normalized spacial score (nSPS) is 12.8. The van der Waals surface area contributed by atoms with Crippen LogP contribution < -0.4 is 4.74 Å². The Morgan fingerprint density at radius 1 is 1.20 bits per heavy atom. The predicted octanol–water partition coefficient (Wildman–Crippen LogP) is 6.29. The first kappa shape index (κ1) is 17.1. The van der Waals surface area contributed by atoms with Crippen molar-refractivity contribution in [2.45, 2.75) is 59.3 Å². The van der Waals surface area contributed by atoms with Crippen molar-refractivity contribution in [1.82, 2.24) is 0 Å². The van der Waals surface area contributed by atoms with Gasteiger partial charge in [0, 0.05) is 5.02 Å². The average molecular weight is 295 g/mol. The van der Waals surface area contributed by atoms with Crippen LogP contribution in [0.2, 0.25) is 5.02 Å². The largest absolute Gasteiger partial charge is 0.493 e. The molecule has 1 atom stereocenters. The topological polar surface area (TPSA) is 9.23 Å². The zero-order valence-corrected chi connectivity index (χ0v) is 14.0. The molecule has 0 radical (unpaired) electrons. The third-order valence-corrected chi connectivity index (χ3v) is 3.92. The lowest BCUT2D eigenvalue weighted by Crippen LogP contribution is -2.04. The second-order valence-electron chi connectivity index (χ2n) is 5.21. The van der Waals surface area contributed by atoms with E-state index in [4.69, 9.17) is 16.3 Å².